The van der Waals surface area contributed by atoms with E-state index in [0.717, 1.165) is 16.5 Å². The van der Waals surface area contributed by atoms with Crippen LogP contribution in [0.15, 0.2) is 77.6 Å². The van der Waals surface area contributed by atoms with Gasteiger partial charge in [0.25, 0.3) is 0 Å². The third-order valence-corrected chi connectivity index (χ3v) is 5.11. The smallest absolute Gasteiger partial charge is 0.350 e. The van der Waals surface area contributed by atoms with Gasteiger partial charge in [0.1, 0.15) is 12.4 Å². The third kappa shape index (κ3) is 4.80. The summed E-state index contributed by atoms with van der Waals surface area (Å²) in [6.07, 6.45) is 0. The lowest BCUT2D eigenvalue weighted by atomic mass is 10.1. The lowest BCUT2D eigenvalue weighted by Gasteiger charge is -2.14. The van der Waals surface area contributed by atoms with Crippen molar-refractivity contribution in [2.75, 3.05) is 10.6 Å². The summed E-state index contributed by atoms with van der Waals surface area (Å²) in [6.45, 7) is 4.46. The zero-order chi connectivity index (χ0) is 21.8. The summed E-state index contributed by atoms with van der Waals surface area (Å²) < 4.78 is 1.40. The lowest BCUT2D eigenvalue weighted by molar-refractivity contribution is -0.116. The molecule has 0 aliphatic rings. The van der Waals surface area contributed by atoms with Crippen molar-refractivity contribution in [2.24, 2.45) is 0 Å². The highest BCUT2D eigenvalue weighted by atomic mass is 16.2. The van der Waals surface area contributed by atoms with Crippen LogP contribution in [-0.4, -0.2) is 15.5 Å². The van der Waals surface area contributed by atoms with Gasteiger partial charge in [0.15, 0.2) is 0 Å². The second-order valence-electron chi connectivity index (χ2n) is 7.60. The first-order chi connectivity index (χ1) is 15.0. The van der Waals surface area contributed by atoms with Crippen LogP contribution in [0.4, 0.5) is 11.5 Å². The Morgan fingerprint density at radius 3 is 2.26 bits per heavy atom. The van der Waals surface area contributed by atoms with Gasteiger partial charge in [-0.1, -0.05) is 59.7 Å². The Morgan fingerprint density at radius 1 is 0.903 bits per heavy atom. The van der Waals surface area contributed by atoms with Crippen LogP contribution in [0.5, 0.6) is 0 Å². The molecule has 4 aromatic rings. The molecule has 0 aliphatic heterocycles. The zero-order valence-corrected chi connectivity index (χ0v) is 17.6. The summed E-state index contributed by atoms with van der Waals surface area (Å²) in [7, 11) is 0. The fourth-order valence-electron chi connectivity index (χ4n) is 3.39. The van der Waals surface area contributed by atoms with Gasteiger partial charge in [0, 0.05) is 17.6 Å². The van der Waals surface area contributed by atoms with Gasteiger partial charge in [-0.15, -0.1) is 0 Å². The number of amides is 1. The number of fused-ring (bicyclic) bond motifs is 1. The second kappa shape index (κ2) is 8.83. The van der Waals surface area contributed by atoms with Crippen molar-refractivity contribution in [2.45, 2.75) is 26.9 Å². The van der Waals surface area contributed by atoms with E-state index < -0.39 is 5.69 Å². The summed E-state index contributed by atoms with van der Waals surface area (Å²) in [5.74, 6) is 0.231. The van der Waals surface area contributed by atoms with Crippen LogP contribution in [-0.2, 0) is 17.9 Å². The summed E-state index contributed by atoms with van der Waals surface area (Å²) in [4.78, 5) is 29.6. The fraction of sp³-hybridized carbons (Fsp3) is 0.160. The van der Waals surface area contributed by atoms with E-state index in [1.165, 1.54) is 10.1 Å². The Hall–Kier alpha value is -3.93. The molecule has 3 aromatic carbocycles. The maximum Gasteiger partial charge on any atom is 0.350 e. The number of benzene rings is 3. The number of carbonyl (C=O) groups excluding carboxylic acids is 1. The number of carbonyl (C=O) groups is 1. The van der Waals surface area contributed by atoms with E-state index in [1.54, 1.807) is 0 Å². The van der Waals surface area contributed by atoms with E-state index in [0.29, 0.717) is 23.6 Å². The van der Waals surface area contributed by atoms with E-state index in [1.807, 2.05) is 86.6 Å². The minimum Gasteiger partial charge on any atom is -0.365 e. The highest BCUT2D eigenvalue weighted by Gasteiger charge is 2.13. The largest absolute Gasteiger partial charge is 0.365 e. The molecule has 4 rings (SSSR count). The SMILES string of the molecule is Cc1ccc(CNc2nc(=O)n(CC(=O)Nc3ccc(C)cc3)c3ccccc23)cc1. The Labute approximate surface area is 180 Å². The molecule has 0 unspecified atom stereocenters. The standard InChI is InChI=1S/C25H24N4O2/c1-17-7-11-19(12-8-17)15-26-24-21-5-3-4-6-22(21)29(25(31)28-24)16-23(30)27-20-13-9-18(2)10-14-20/h3-14H,15-16H2,1-2H3,(H,27,30)(H,26,28,31). The molecule has 156 valence electrons. The summed E-state index contributed by atoms with van der Waals surface area (Å²) in [6, 6.07) is 23.2. The van der Waals surface area contributed by atoms with Crippen LogP contribution in [0.2, 0.25) is 0 Å². The van der Waals surface area contributed by atoms with E-state index in [9.17, 15) is 9.59 Å². The third-order valence-electron chi connectivity index (χ3n) is 5.11. The molecule has 0 bridgehead atoms. The van der Waals surface area contributed by atoms with Gasteiger partial charge in [0.05, 0.1) is 5.52 Å². The number of rotatable bonds is 6. The minimum absolute atomic E-state index is 0.113. The van der Waals surface area contributed by atoms with Crippen molar-refractivity contribution in [1.29, 1.82) is 0 Å². The van der Waals surface area contributed by atoms with Crippen LogP contribution in [0, 0.1) is 13.8 Å². The molecule has 0 spiro atoms. The van der Waals surface area contributed by atoms with E-state index in [-0.39, 0.29) is 12.5 Å². The molecule has 2 N–H and O–H groups in total. The van der Waals surface area contributed by atoms with Crippen LogP contribution >= 0.6 is 0 Å². The number of anilines is 2. The van der Waals surface area contributed by atoms with Crippen molar-refractivity contribution in [3.63, 3.8) is 0 Å². The molecule has 0 saturated carbocycles. The molecular weight excluding hydrogens is 388 g/mol. The maximum atomic E-state index is 12.8. The Bertz CT molecular complexity index is 1280. The molecule has 0 atom stereocenters. The van der Waals surface area contributed by atoms with Crippen molar-refractivity contribution >= 4 is 28.3 Å². The number of hydrogen-bond donors (Lipinski definition) is 2. The molecule has 31 heavy (non-hydrogen) atoms. The second-order valence-corrected chi connectivity index (χ2v) is 7.60. The van der Waals surface area contributed by atoms with E-state index in [2.05, 4.69) is 15.6 Å². The summed E-state index contributed by atoms with van der Waals surface area (Å²) in [5, 5.41) is 6.89. The van der Waals surface area contributed by atoms with E-state index in [4.69, 9.17) is 0 Å². The van der Waals surface area contributed by atoms with Crippen molar-refractivity contribution < 1.29 is 4.79 Å². The topological polar surface area (TPSA) is 76.0 Å². The number of nitrogens with one attached hydrogen (secondary N) is 2. The van der Waals surface area contributed by atoms with Gasteiger partial charge in [-0.3, -0.25) is 9.36 Å². The summed E-state index contributed by atoms with van der Waals surface area (Å²) >= 11 is 0. The van der Waals surface area contributed by atoms with Gasteiger partial charge in [-0.25, -0.2) is 4.79 Å². The van der Waals surface area contributed by atoms with Gasteiger partial charge >= 0.3 is 5.69 Å². The van der Waals surface area contributed by atoms with E-state index >= 15 is 0 Å². The molecule has 0 aliphatic carbocycles. The van der Waals surface area contributed by atoms with Crippen molar-refractivity contribution in [1.82, 2.24) is 9.55 Å². The fourth-order valence-corrected chi connectivity index (χ4v) is 3.39. The number of aryl methyl sites for hydroxylation is 2. The Balaban J connectivity index is 1.58. The predicted molar refractivity (Wildman–Crippen MR) is 124 cm³/mol. The molecule has 0 saturated heterocycles. The molecule has 1 amide bonds. The molecule has 1 aromatic heterocycles. The first kappa shape index (κ1) is 20.3. The lowest BCUT2D eigenvalue weighted by Crippen LogP contribution is -2.30. The van der Waals surface area contributed by atoms with Crippen LogP contribution < -0.4 is 16.3 Å². The predicted octanol–water partition coefficient (Wildman–Crippen LogP) is 4.26. The average molecular weight is 412 g/mol. The van der Waals surface area contributed by atoms with Crippen LogP contribution in [0.25, 0.3) is 10.9 Å². The Morgan fingerprint density at radius 2 is 1.55 bits per heavy atom. The van der Waals surface area contributed by atoms with Gasteiger partial charge in [0.2, 0.25) is 5.91 Å². The number of aromatic nitrogens is 2. The summed E-state index contributed by atoms with van der Waals surface area (Å²) in [5.41, 5.74) is 4.28. The van der Waals surface area contributed by atoms with Gasteiger partial charge < -0.3 is 10.6 Å². The molecule has 0 radical (unpaired) electrons. The number of nitrogens with zero attached hydrogens (tertiary/aromatic N) is 2. The zero-order valence-electron chi connectivity index (χ0n) is 17.6. The van der Waals surface area contributed by atoms with Gasteiger partial charge in [-0.05, 0) is 43.7 Å². The van der Waals surface area contributed by atoms with Crippen molar-refractivity contribution in [3.05, 3.63) is 100.0 Å². The first-order valence-corrected chi connectivity index (χ1v) is 10.1. The number of para-hydroxylation sites is 1. The molecule has 6 heteroatoms. The molecule has 0 fully saturated rings. The maximum absolute atomic E-state index is 12.8. The highest BCUT2D eigenvalue weighted by Crippen LogP contribution is 2.20. The monoisotopic (exact) mass is 412 g/mol. The van der Waals surface area contributed by atoms with Crippen LogP contribution in [0.1, 0.15) is 16.7 Å². The van der Waals surface area contributed by atoms with Crippen LogP contribution in [0.3, 0.4) is 0 Å². The minimum atomic E-state index is -0.468. The van der Waals surface area contributed by atoms with Crippen molar-refractivity contribution in [3.8, 4) is 0 Å². The molecule has 1 heterocycles. The Kier molecular flexibility index (Phi) is 5.80. The number of hydrogen-bond acceptors (Lipinski definition) is 4. The quantitative estimate of drug-likeness (QED) is 0.496. The highest BCUT2D eigenvalue weighted by molar-refractivity contribution is 5.93. The average Bonchev–Trinajstić information content (AvgIpc) is 2.77. The first-order valence-electron chi connectivity index (χ1n) is 10.1. The molecule has 6 nitrogen and oxygen atoms in total. The van der Waals surface area contributed by atoms with Gasteiger partial charge in [-0.2, -0.15) is 4.98 Å². The molecular formula is C25H24N4O2. The normalized spacial score (nSPS) is 10.8.